The van der Waals surface area contributed by atoms with Crippen LogP contribution in [0, 0.1) is 5.92 Å². The van der Waals surface area contributed by atoms with Crippen LogP contribution in [0.2, 0.25) is 0 Å². The van der Waals surface area contributed by atoms with Gasteiger partial charge in [-0.05, 0) is 51.7 Å². The topological polar surface area (TPSA) is 12.0 Å². The van der Waals surface area contributed by atoms with E-state index in [9.17, 15) is 0 Å². The Kier molecular flexibility index (Phi) is 3.63. The number of hydrogen-bond acceptors (Lipinski definition) is 2. The second-order valence-corrected chi connectivity index (χ2v) is 6.32. The molecule has 0 bridgehead atoms. The van der Waals surface area contributed by atoms with Crippen LogP contribution in [0.15, 0.2) is 15.2 Å². The molecule has 0 saturated heterocycles. The van der Waals surface area contributed by atoms with Crippen molar-refractivity contribution < 1.29 is 0 Å². The van der Waals surface area contributed by atoms with Crippen molar-refractivity contribution in [1.29, 1.82) is 0 Å². The van der Waals surface area contributed by atoms with Crippen molar-refractivity contribution >= 4 is 27.3 Å². The van der Waals surface area contributed by atoms with Gasteiger partial charge >= 0.3 is 0 Å². The zero-order chi connectivity index (χ0) is 9.97. The number of nitrogens with one attached hydrogen (secondary N) is 1. The van der Waals surface area contributed by atoms with Gasteiger partial charge in [-0.3, -0.25) is 0 Å². The zero-order valence-electron chi connectivity index (χ0n) is 8.42. The summed E-state index contributed by atoms with van der Waals surface area (Å²) in [4.78, 5) is 0. The largest absolute Gasteiger partial charge is 0.310 e. The van der Waals surface area contributed by atoms with Gasteiger partial charge in [-0.25, -0.2) is 0 Å². The Morgan fingerprint density at radius 1 is 1.64 bits per heavy atom. The fourth-order valence-electron chi connectivity index (χ4n) is 1.87. The lowest BCUT2D eigenvalue weighted by atomic mass is 10.2. The van der Waals surface area contributed by atoms with Gasteiger partial charge in [-0.1, -0.05) is 13.3 Å². The fraction of sp³-hybridized carbons (Fsp3) is 0.636. The Morgan fingerprint density at radius 2 is 2.50 bits per heavy atom. The minimum absolute atomic E-state index is 0.800. The number of halogens is 1. The summed E-state index contributed by atoms with van der Waals surface area (Å²) in [6.45, 7) is 3.30. The Morgan fingerprint density at radius 3 is 3.14 bits per heavy atom. The smallest absolute Gasteiger partial charge is 0.0701 e. The Labute approximate surface area is 98.0 Å². The summed E-state index contributed by atoms with van der Waals surface area (Å²) in [7, 11) is 0. The van der Waals surface area contributed by atoms with Gasteiger partial charge in [-0.15, -0.1) is 11.3 Å². The van der Waals surface area contributed by atoms with Crippen molar-refractivity contribution in [3.8, 4) is 0 Å². The molecular formula is C11H16BrNS. The van der Waals surface area contributed by atoms with E-state index in [1.54, 1.807) is 11.3 Å². The van der Waals surface area contributed by atoms with Crippen LogP contribution in [0.25, 0.3) is 0 Å². The third kappa shape index (κ3) is 2.81. The lowest BCUT2D eigenvalue weighted by Crippen LogP contribution is -2.17. The molecule has 0 aromatic carbocycles. The zero-order valence-corrected chi connectivity index (χ0v) is 10.8. The van der Waals surface area contributed by atoms with Gasteiger partial charge < -0.3 is 5.32 Å². The van der Waals surface area contributed by atoms with E-state index in [4.69, 9.17) is 0 Å². The second-order valence-electron chi connectivity index (χ2n) is 4.03. The molecule has 14 heavy (non-hydrogen) atoms. The molecule has 3 heteroatoms. The van der Waals surface area contributed by atoms with E-state index >= 15 is 0 Å². The summed E-state index contributed by atoms with van der Waals surface area (Å²) in [5.74, 6) is 0.960. The first-order valence-electron chi connectivity index (χ1n) is 5.26. The van der Waals surface area contributed by atoms with E-state index in [0.717, 1.165) is 18.5 Å². The molecule has 1 nitrogen and oxygen atoms in total. The molecule has 1 saturated carbocycles. The minimum atomic E-state index is 0.800. The maximum Gasteiger partial charge on any atom is 0.0701 e. The molecule has 1 heterocycles. The van der Waals surface area contributed by atoms with Crippen LogP contribution in [0.1, 0.15) is 31.7 Å². The van der Waals surface area contributed by atoms with Crippen LogP contribution in [-0.2, 0) is 6.54 Å². The highest BCUT2D eigenvalue weighted by Gasteiger charge is 2.35. The number of rotatable bonds is 5. The maximum atomic E-state index is 3.61. The molecule has 78 valence electrons. The predicted octanol–water partition coefficient (Wildman–Crippen LogP) is 3.79. The molecule has 1 aliphatic rings. The average Bonchev–Trinajstić information content (AvgIpc) is 2.77. The molecule has 2 atom stereocenters. The molecule has 1 fully saturated rings. The second kappa shape index (κ2) is 4.77. The molecule has 0 amide bonds. The number of hydrogen-bond donors (Lipinski definition) is 1. The van der Waals surface area contributed by atoms with Gasteiger partial charge in [0, 0.05) is 12.6 Å². The van der Waals surface area contributed by atoms with Gasteiger partial charge in [0.2, 0.25) is 0 Å². The van der Waals surface area contributed by atoms with Crippen molar-refractivity contribution in [1.82, 2.24) is 5.32 Å². The van der Waals surface area contributed by atoms with E-state index in [1.165, 1.54) is 28.6 Å². The predicted molar refractivity (Wildman–Crippen MR) is 65.7 cm³/mol. The molecule has 1 aromatic heterocycles. The van der Waals surface area contributed by atoms with E-state index in [0.29, 0.717) is 0 Å². The normalized spacial score (nSPS) is 25.3. The average molecular weight is 274 g/mol. The first-order valence-corrected chi connectivity index (χ1v) is 6.93. The Bertz CT molecular complexity index is 297. The summed E-state index contributed by atoms with van der Waals surface area (Å²) >= 11 is 5.25. The third-order valence-electron chi connectivity index (χ3n) is 2.77. The molecule has 1 N–H and O–H groups in total. The Balaban J connectivity index is 1.69. The summed E-state index contributed by atoms with van der Waals surface area (Å²) < 4.78 is 1.23. The highest BCUT2D eigenvalue weighted by molar-refractivity contribution is 9.11. The highest BCUT2D eigenvalue weighted by Crippen LogP contribution is 2.34. The van der Waals surface area contributed by atoms with Crippen LogP contribution in [-0.4, -0.2) is 6.04 Å². The summed E-state index contributed by atoms with van der Waals surface area (Å²) in [5, 5.41) is 5.82. The van der Waals surface area contributed by atoms with Crippen molar-refractivity contribution in [3.63, 3.8) is 0 Å². The first-order chi connectivity index (χ1) is 6.79. The van der Waals surface area contributed by atoms with Gasteiger partial charge in [0.15, 0.2) is 0 Å². The lowest BCUT2D eigenvalue weighted by molar-refractivity contribution is 0.600. The van der Waals surface area contributed by atoms with Crippen LogP contribution in [0.3, 0.4) is 0 Å². The highest BCUT2D eigenvalue weighted by atomic mass is 79.9. The SMILES string of the molecule is CCCC1CC1NCc1csc(Br)c1. The fourth-order valence-corrected chi connectivity index (χ4v) is 3.08. The lowest BCUT2D eigenvalue weighted by Gasteiger charge is -2.01. The molecule has 1 aromatic rings. The molecule has 2 unspecified atom stereocenters. The molecular weight excluding hydrogens is 258 g/mol. The quantitative estimate of drug-likeness (QED) is 0.861. The molecule has 0 spiro atoms. The first kappa shape index (κ1) is 10.7. The summed E-state index contributed by atoms with van der Waals surface area (Å²) in [5.41, 5.74) is 1.41. The number of thiophene rings is 1. The van der Waals surface area contributed by atoms with Gasteiger partial charge in [-0.2, -0.15) is 0 Å². The Hall–Kier alpha value is 0.140. The van der Waals surface area contributed by atoms with E-state index in [2.05, 4.69) is 39.6 Å². The monoisotopic (exact) mass is 273 g/mol. The molecule has 1 aliphatic carbocycles. The molecule has 0 radical (unpaired) electrons. The standard InChI is InChI=1S/C11H16BrNS/c1-2-3-9-5-10(9)13-6-8-4-11(12)14-7-8/h4,7,9-10,13H,2-3,5-6H2,1H3. The van der Waals surface area contributed by atoms with E-state index < -0.39 is 0 Å². The van der Waals surface area contributed by atoms with Crippen molar-refractivity contribution in [2.24, 2.45) is 5.92 Å². The summed E-state index contributed by atoms with van der Waals surface area (Å²) in [6, 6.07) is 3.00. The van der Waals surface area contributed by atoms with Crippen molar-refractivity contribution in [2.75, 3.05) is 0 Å². The van der Waals surface area contributed by atoms with E-state index in [1.807, 2.05) is 0 Å². The van der Waals surface area contributed by atoms with Crippen LogP contribution in [0.4, 0.5) is 0 Å². The van der Waals surface area contributed by atoms with Gasteiger partial charge in [0.1, 0.15) is 0 Å². The molecule has 2 rings (SSSR count). The molecule has 0 aliphatic heterocycles. The van der Waals surface area contributed by atoms with E-state index in [-0.39, 0.29) is 0 Å². The van der Waals surface area contributed by atoms with Crippen LogP contribution < -0.4 is 5.32 Å². The summed E-state index contributed by atoms with van der Waals surface area (Å²) in [6.07, 6.45) is 4.11. The van der Waals surface area contributed by atoms with Gasteiger partial charge in [0.25, 0.3) is 0 Å². The van der Waals surface area contributed by atoms with Crippen molar-refractivity contribution in [3.05, 3.63) is 20.8 Å². The maximum absolute atomic E-state index is 3.61. The third-order valence-corrected chi connectivity index (χ3v) is 4.33. The minimum Gasteiger partial charge on any atom is -0.310 e. The van der Waals surface area contributed by atoms with Crippen LogP contribution >= 0.6 is 27.3 Å². The van der Waals surface area contributed by atoms with Gasteiger partial charge in [0.05, 0.1) is 3.79 Å². The van der Waals surface area contributed by atoms with Crippen LogP contribution in [0.5, 0.6) is 0 Å². The van der Waals surface area contributed by atoms with Crippen molar-refractivity contribution in [2.45, 2.75) is 38.8 Å².